The Balaban J connectivity index is 1.78. The number of carboxylic acid groups (broad SMARTS) is 1. The van der Waals surface area contributed by atoms with Gasteiger partial charge in [-0.15, -0.1) is 11.3 Å². The van der Waals surface area contributed by atoms with Crippen molar-refractivity contribution in [2.75, 3.05) is 23.8 Å². The molecule has 1 fully saturated rings. The van der Waals surface area contributed by atoms with E-state index in [9.17, 15) is 19.5 Å². The van der Waals surface area contributed by atoms with Gasteiger partial charge in [-0.1, -0.05) is 12.1 Å². The van der Waals surface area contributed by atoms with Gasteiger partial charge >= 0.3 is 6.09 Å². The zero-order valence-corrected chi connectivity index (χ0v) is 15.8. The fourth-order valence-corrected chi connectivity index (χ4v) is 3.89. The molecule has 142 valence electrons. The van der Waals surface area contributed by atoms with Crippen LogP contribution >= 0.6 is 11.3 Å². The normalized spacial score (nSPS) is 16.2. The Morgan fingerprint density at radius 2 is 2.15 bits per heavy atom. The van der Waals surface area contributed by atoms with Crippen LogP contribution in [0, 0.1) is 0 Å². The van der Waals surface area contributed by atoms with Crippen molar-refractivity contribution in [2.45, 2.75) is 25.8 Å². The molecule has 0 bridgehead atoms. The summed E-state index contributed by atoms with van der Waals surface area (Å²) in [7, 11) is 1.61. The van der Waals surface area contributed by atoms with Gasteiger partial charge in [0.1, 0.15) is 6.04 Å². The third kappa shape index (κ3) is 4.08. The summed E-state index contributed by atoms with van der Waals surface area (Å²) in [6.07, 6.45) is 0.121. The van der Waals surface area contributed by atoms with Crippen molar-refractivity contribution in [1.82, 2.24) is 9.88 Å². The van der Waals surface area contributed by atoms with E-state index in [1.165, 1.54) is 28.1 Å². The molecule has 1 atom stereocenters. The van der Waals surface area contributed by atoms with Gasteiger partial charge in [0.05, 0.1) is 5.69 Å². The highest BCUT2D eigenvalue weighted by molar-refractivity contribution is 7.14. The van der Waals surface area contributed by atoms with Crippen LogP contribution in [0.2, 0.25) is 0 Å². The molecule has 2 heterocycles. The number of hydrogen-bond donors (Lipinski definition) is 2. The quantitative estimate of drug-likeness (QED) is 0.838. The fraction of sp³-hybridized carbons (Fsp3) is 0.333. The second-order valence-corrected chi connectivity index (χ2v) is 7.15. The van der Waals surface area contributed by atoms with E-state index in [0.29, 0.717) is 35.9 Å². The van der Waals surface area contributed by atoms with Gasteiger partial charge < -0.3 is 10.4 Å². The summed E-state index contributed by atoms with van der Waals surface area (Å²) in [6, 6.07) is 6.62. The van der Waals surface area contributed by atoms with Gasteiger partial charge in [-0.2, -0.15) is 0 Å². The molecule has 1 aliphatic rings. The van der Waals surface area contributed by atoms with Crippen molar-refractivity contribution in [2.24, 2.45) is 0 Å². The number of nitrogens with zero attached hydrogens (tertiary/aromatic N) is 3. The molecule has 9 heteroatoms. The van der Waals surface area contributed by atoms with E-state index in [-0.39, 0.29) is 11.8 Å². The molecule has 2 N–H and O–H groups in total. The average molecular weight is 388 g/mol. The Morgan fingerprint density at radius 1 is 1.37 bits per heavy atom. The number of nitrogens with one attached hydrogen (secondary N) is 1. The monoisotopic (exact) mass is 388 g/mol. The molecule has 0 unspecified atom stereocenters. The van der Waals surface area contributed by atoms with E-state index in [4.69, 9.17) is 0 Å². The first kappa shape index (κ1) is 18.8. The highest BCUT2D eigenvalue weighted by Crippen LogP contribution is 2.30. The minimum atomic E-state index is -1.08. The number of carbonyl (C=O) groups is 3. The standard InChI is InChI=1S/C18H20N4O4S/c1-11(23)19-13-6-3-5-12(9-13)14-10-27-17(20-14)21(2)16(24)15-7-4-8-22(15)18(25)26/h3,5-6,9-10,15H,4,7-8H2,1-2H3,(H,19,23)(H,25,26)/t15-/m0/s1. The van der Waals surface area contributed by atoms with Crippen molar-refractivity contribution in [3.05, 3.63) is 29.6 Å². The second kappa shape index (κ2) is 7.75. The summed E-state index contributed by atoms with van der Waals surface area (Å²) < 4.78 is 0. The molecule has 0 spiro atoms. The predicted molar refractivity (Wildman–Crippen MR) is 103 cm³/mol. The van der Waals surface area contributed by atoms with Gasteiger partial charge in [0.2, 0.25) is 5.91 Å². The lowest BCUT2D eigenvalue weighted by Crippen LogP contribution is -2.46. The Kier molecular flexibility index (Phi) is 5.41. The number of benzene rings is 1. The number of likely N-dealkylation sites (tertiary alicyclic amines) is 1. The van der Waals surface area contributed by atoms with Crippen molar-refractivity contribution in [1.29, 1.82) is 0 Å². The van der Waals surface area contributed by atoms with Gasteiger partial charge in [0, 0.05) is 37.1 Å². The molecule has 8 nitrogen and oxygen atoms in total. The number of anilines is 2. The molecule has 1 saturated heterocycles. The lowest BCUT2D eigenvalue weighted by atomic mass is 10.1. The molecule has 0 radical (unpaired) electrons. The van der Waals surface area contributed by atoms with Crippen molar-refractivity contribution < 1.29 is 19.5 Å². The number of hydrogen-bond acceptors (Lipinski definition) is 5. The molecule has 2 aromatic rings. The van der Waals surface area contributed by atoms with Crippen molar-refractivity contribution in [3.63, 3.8) is 0 Å². The topological polar surface area (TPSA) is 103 Å². The van der Waals surface area contributed by atoms with Gasteiger partial charge in [-0.25, -0.2) is 9.78 Å². The van der Waals surface area contributed by atoms with Crippen LogP contribution in [-0.2, 0) is 9.59 Å². The fourth-order valence-electron chi connectivity index (χ4n) is 3.08. The van der Waals surface area contributed by atoms with E-state index in [0.717, 1.165) is 5.56 Å². The summed E-state index contributed by atoms with van der Waals surface area (Å²) in [4.78, 5) is 42.3. The van der Waals surface area contributed by atoms with E-state index < -0.39 is 12.1 Å². The van der Waals surface area contributed by atoms with E-state index in [1.54, 1.807) is 13.1 Å². The highest BCUT2D eigenvalue weighted by Gasteiger charge is 2.36. The number of aromatic nitrogens is 1. The molecule has 27 heavy (non-hydrogen) atoms. The Morgan fingerprint density at radius 3 is 2.85 bits per heavy atom. The lowest BCUT2D eigenvalue weighted by Gasteiger charge is -2.24. The summed E-state index contributed by atoms with van der Waals surface area (Å²) in [5.74, 6) is -0.432. The third-order valence-electron chi connectivity index (χ3n) is 4.37. The maximum Gasteiger partial charge on any atom is 0.407 e. The van der Waals surface area contributed by atoms with Crippen molar-refractivity contribution >= 4 is 40.1 Å². The number of likely N-dealkylation sites (N-methyl/N-ethyl adjacent to an activating group) is 1. The van der Waals surface area contributed by atoms with E-state index in [1.807, 2.05) is 23.6 Å². The van der Waals surface area contributed by atoms with Crippen LogP contribution in [0.4, 0.5) is 15.6 Å². The van der Waals surface area contributed by atoms with Gasteiger partial charge in [0.25, 0.3) is 5.91 Å². The molecule has 3 rings (SSSR count). The van der Waals surface area contributed by atoms with Gasteiger partial charge in [-0.3, -0.25) is 19.4 Å². The van der Waals surface area contributed by atoms with Crippen LogP contribution in [0.1, 0.15) is 19.8 Å². The highest BCUT2D eigenvalue weighted by atomic mass is 32.1. The van der Waals surface area contributed by atoms with Crippen molar-refractivity contribution in [3.8, 4) is 11.3 Å². The first-order valence-corrected chi connectivity index (χ1v) is 9.35. The lowest BCUT2D eigenvalue weighted by molar-refractivity contribution is -0.122. The zero-order chi connectivity index (χ0) is 19.6. The average Bonchev–Trinajstić information content (AvgIpc) is 3.29. The molecular weight excluding hydrogens is 368 g/mol. The predicted octanol–water partition coefficient (Wildman–Crippen LogP) is 2.87. The molecule has 0 saturated carbocycles. The number of carbonyl (C=O) groups excluding carboxylic acids is 2. The van der Waals surface area contributed by atoms with Gasteiger partial charge in [-0.05, 0) is 25.0 Å². The number of rotatable bonds is 4. The zero-order valence-electron chi connectivity index (χ0n) is 15.0. The van der Waals surface area contributed by atoms with Crippen LogP contribution < -0.4 is 10.2 Å². The molecule has 1 aliphatic heterocycles. The third-order valence-corrected chi connectivity index (χ3v) is 5.29. The largest absolute Gasteiger partial charge is 0.465 e. The minimum Gasteiger partial charge on any atom is -0.465 e. The molecule has 1 aromatic heterocycles. The van der Waals surface area contributed by atoms with Crippen LogP contribution in [0.25, 0.3) is 11.3 Å². The maximum absolute atomic E-state index is 12.7. The Labute approximate surface area is 160 Å². The first-order valence-electron chi connectivity index (χ1n) is 8.47. The summed E-state index contributed by atoms with van der Waals surface area (Å²) in [5, 5.41) is 14.3. The molecular formula is C18H20N4O4S. The Hall–Kier alpha value is -2.94. The minimum absolute atomic E-state index is 0.156. The van der Waals surface area contributed by atoms with Crippen LogP contribution in [0.15, 0.2) is 29.6 Å². The summed E-state index contributed by atoms with van der Waals surface area (Å²) in [5.41, 5.74) is 2.17. The van der Waals surface area contributed by atoms with E-state index in [2.05, 4.69) is 10.3 Å². The maximum atomic E-state index is 12.7. The molecule has 1 aromatic carbocycles. The Bertz CT molecular complexity index is 882. The molecule has 0 aliphatic carbocycles. The summed E-state index contributed by atoms with van der Waals surface area (Å²) >= 11 is 1.31. The summed E-state index contributed by atoms with van der Waals surface area (Å²) in [6.45, 7) is 1.82. The molecule has 3 amide bonds. The number of thiazole rings is 1. The first-order chi connectivity index (χ1) is 12.9. The van der Waals surface area contributed by atoms with Crippen LogP contribution in [0.3, 0.4) is 0 Å². The smallest absolute Gasteiger partial charge is 0.407 e. The van der Waals surface area contributed by atoms with Gasteiger partial charge in [0.15, 0.2) is 5.13 Å². The van der Waals surface area contributed by atoms with Crippen LogP contribution in [0.5, 0.6) is 0 Å². The van der Waals surface area contributed by atoms with Crippen LogP contribution in [-0.4, -0.2) is 52.5 Å². The number of amides is 3. The second-order valence-electron chi connectivity index (χ2n) is 6.31. The van der Waals surface area contributed by atoms with E-state index >= 15 is 0 Å². The SMILES string of the molecule is CC(=O)Nc1cccc(-c2csc(N(C)C(=O)[C@@H]3CCCN3C(=O)O)n2)c1.